The Balaban J connectivity index is 2.13. The maximum Gasteiger partial charge on any atom is 0.253 e. The van der Waals surface area contributed by atoms with Gasteiger partial charge in [-0.25, -0.2) is 0 Å². The predicted molar refractivity (Wildman–Crippen MR) is 97.8 cm³/mol. The van der Waals surface area contributed by atoms with E-state index >= 15 is 0 Å². The number of Topliss-reactive ketones (excluding diaryl/α,β-unsaturated/α-hetero) is 1. The second-order valence-corrected chi connectivity index (χ2v) is 5.74. The summed E-state index contributed by atoms with van der Waals surface area (Å²) in [4.78, 5) is 25.8. The molecule has 25 heavy (non-hydrogen) atoms. The minimum Gasteiger partial charge on any atom is -0.338 e. The van der Waals surface area contributed by atoms with E-state index in [0.29, 0.717) is 25.1 Å². The molecular formula is C19H22N4O2. The van der Waals surface area contributed by atoms with E-state index in [1.165, 1.54) is 0 Å². The number of carbonyl (C=O) groups is 2. The van der Waals surface area contributed by atoms with E-state index in [1.54, 1.807) is 24.1 Å². The van der Waals surface area contributed by atoms with E-state index in [1.807, 2.05) is 37.3 Å². The average molecular weight is 338 g/mol. The first-order valence-electron chi connectivity index (χ1n) is 8.17. The van der Waals surface area contributed by atoms with Gasteiger partial charge in [-0.15, -0.1) is 0 Å². The van der Waals surface area contributed by atoms with Crippen LogP contribution in [-0.4, -0.2) is 42.9 Å². The Hall–Kier alpha value is -2.89. The minimum atomic E-state index is -0.249. The molecule has 1 N–H and O–H groups in total. The van der Waals surface area contributed by atoms with Crippen LogP contribution in [0.3, 0.4) is 0 Å². The highest BCUT2D eigenvalue weighted by molar-refractivity contribution is 6.27. The highest BCUT2D eigenvalue weighted by Gasteiger charge is 2.30. The molecule has 1 atom stereocenters. The van der Waals surface area contributed by atoms with Gasteiger partial charge in [0, 0.05) is 37.2 Å². The first kappa shape index (κ1) is 18.4. The van der Waals surface area contributed by atoms with Gasteiger partial charge in [0.1, 0.15) is 0 Å². The Morgan fingerprint density at radius 3 is 2.52 bits per heavy atom. The standard InChI is InChI=1S/C19H22N4O2/c1-3-4-5-17(22-21-2)14-6-8-15(9-7-14)19(25)23-11-10-16(13-23)18(24)12-20/h3-9,12,16,20H,10-11,13H2,1-2H3/b4-3+,17-5-,20-12?,22-21-/t16-/m0/s1. The number of benzene rings is 1. The number of azo groups is 1. The molecule has 1 aromatic rings. The third kappa shape index (κ3) is 4.56. The van der Waals surface area contributed by atoms with Crippen molar-refractivity contribution in [3.8, 4) is 0 Å². The van der Waals surface area contributed by atoms with Gasteiger partial charge in [0.25, 0.3) is 5.91 Å². The highest BCUT2D eigenvalue weighted by atomic mass is 16.2. The van der Waals surface area contributed by atoms with Crippen LogP contribution in [0.2, 0.25) is 0 Å². The van der Waals surface area contributed by atoms with Gasteiger partial charge in [0.2, 0.25) is 0 Å². The average Bonchev–Trinajstić information content (AvgIpc) is 3.14. The molecule has 1 amide bonds. The molecule has 1 fully saturated rings. The third-order valence-electron chi connectivity index (χ3n) is 4.10. The van der Waals surface area contributed by atoms with Gasteiger partial charge in [-0.3, -0.25) is 9.59 Å². The SMILES string of the molecule is C/C=C/C=C(\N=N/C)c1ccc(C(=O)N2CC[C@H](C(=O)C=N)C2)cc1. The van der Waals surface area contributed by atoms with Crippen molar-refractivity contribution in [1.29, 1.82) is 5.41 Å². The number of nitrogens with one attached hydrogen (secondary N) is 1. The van der Waals surface area contributed by atoms with Gasteiger partial charge in [0.15, 0.2) is 5.78 Å². The van der Waals surface area contributed by atoms with Gasteiger partial charge in [-0.05, 0) is 31.6 Å². The van der Waals surface area contributed by atoms with E-state index in [2.05, 4.69) is 10.2 Å². The second kappa shape index (κ2) is 8.82. The number of rotatable bonds is 6. The summed E-state index contributed by atoms with van der Waals surface area (Å²) in [5.74, 6) is -0.557. The Morgan fingerprint density at radius 2 is 1.92 bits per heavy atom. The number of likely N-dealkylation sites (tertiary alicyclic amines) is 1. The first-order chi connectivity index (χ1) is 12.1. The van der Waals surface area contributed by atoms with Gasteiger partial charge in [0.05, 0.1) is 11.9 Å². The van der Waals surface area contributed by atoms with Gasteiger partial charge >= 0.3 is 0 Å². The lowest BCUT2D eigenvalue weighted by molar-refractivity contribution is -0.115. The summed E-state index contributed by atoms with van der Waals surface area (Å²) in [5, 5.41) is 15.0. The van der Waals surface area contributed by atoms with Crippen LogP contribution >= 0.6 is 0 Å². The quantitative estimate of drug-likeness (QED) is 0.490. The smallest absolute Gasteiger partial charge is 0.253 e. The van der Waals surface area contributed by atoms with Crippen LogP contribution < -0.4 is 0 Å². The number of allylic oxidation sites excluding steroid dienone is 3. The molecule has 130 valence electrons. The molecule has 1 aliphatic rings. The summed E-state index contributed by atoms with van der Waals surface area (Å²) < 4.78 is 0. The molecule has 1 heterocycles. The number of hydrogen-bond donors (Lipinski definition) is 1. The minimum absolute atomic E-state index is 0.0945. The van der Waals surface area contributed by atoms with E-state index in [-0.39, 0.29) is 17.6 Å². The largest absolute Gasteiger partial charge is 0.338 e. The van der Waals surface area contributed by atoms with Crippen LogP contribution in [0.5, 0.6) is 0 Å². The molecular weight excluding hydrogens is 316 g/mol. The number of hydrogen-bond acceptors (Lipinski definition) is 5. The monoisotopic (exact) mass is 338 g/mol. The van der Waals surface area contributed by atoms with Crippen LogP contribution in [-0.2, 0) is 4.79 Å². The zero-order valence-electron chi connectivity index (χ0n) is 14.5. The molecule has 6 heteroatoms. The van der Waals surface area contributed by atoms with Gasteiger partial charge in [-0.2, -0.15) is 10.2 Å². The third-order valence-corrected chi connectivity index (χ3v) is 4.10. The van der Waals surface area contributed by atoms with Gasteiger partial charge in [-0.1, -0.05) is 24.3 Å². The first-order valence-corrected chi connectivity index (χ1v) is 8.17. The van der Waals surface area contributed by atoms with E-state index in [4.69, 9.17) is 5.41 Å². The van der Waals surface area contributed by atoms with Crippen LogP contribution in [0.4, 0.5) is 0 Å². The van der Waals surface area contributed by atoms with E-state index in [0.717, 1.165) is 17.5 Å². The van der Waals surface area contributed by atoms with E-state index < -0.39 is 0 Å². The molecule has 0 spiro atoms. The molecule has 1 aliphatic heterocycles. The molecule has 0 radical (unpaired) electrons. The lowest BCUT2D eigenvalue weighted by atomic mass is 10.0. The molecule has 0 aliphatic carbocycles. The fourth-order valence-corrected chi connectivity index (χ4v) is 2.74. The van der Waals surface area contributed by atoms with Crippen molar-refractivity contribution >= 4 is 23.6 Å². The Bertz CT molecular complexity index is 732. The summed E-state index contributed by atoms with van der Waals surface area (Å²) in [6.07, 6.45) is 7.10. The Morgan fingerprint density at radius 1 is 1.24 bits per heavy atom. The van der Waals surface area contributed by atoms with Crippen molar-refractivity contribution in [2.45, 2.75) is 13.3 Å². The molecule has 0 saturated carbocycles. The molecule has 1 saturated heterocycles. The summed E-state index contributed by atoms with van der Waals surface area (Å²) >= 11 is 0. The fraction of sp³-hybridized carbons (Fsp3) is 0.316. The van der Waals surface area contributed by atoms with Crippen LogP contribution in [0, 0.1) is 11.3 Å². The summed E-state index contributed by atoms with van der Waals surface area (Å²) in [7, 11) is 1.61. The highest BCUT2D eigenvalue weighted by Crippen LogP contribution is 2.21. The van der Waals surface area contributed by atoms with Crippen molar-refractivity contribution in [3.05, 3.63) is 53.6 Å². The number of nitrogens with zero attached hydrogens (tertiary/aromatic N) is 3. The molecule has 0 aromatic heterocycles. The van der Waals surface area contributed by atoms with Crippen molar-refractivity contribution < 1.29 is 9.59 Å². The zero-order chi connectivity index (χ0) is 18.2. The normalized spacial score (nSPS) is 18.2. The maximum absolute atomic E-state index is 12.6. The predicted octanol–water partition coefficient (Wildman–Crippen LogP) is 3.37. The Kier molecular flexibility index (Phi) is 6.51. The maximum atomic E-state index is 12.6. The van der Waals surface area contributed by atoms with Crippen LogP contribution in [0.25, 0.3) is 5.70 Å². The Labute approximate surface area is 147 Å². The number of carbonyl (C=O) groups excluding carboxylic acids is 2. The summed E-state index contributed by atoms with van der Waals surface area (Å²) in [6, 6.07) is 7.21. The van der Waals surface area contributed by atoms with Crippen molar-refractivity contribution in [2.75, 3.05) is 20.1 Å². The number of ketones is 1. The second-order valence-electron chi connectivity index (χ2n) is 5.74. The molecule has 1 aromatic carbocycles. The topological polar surface area (TPSA) is 86.0 Å². The van der Waals surface area contributed by atoms with Crippen molar-refractivity contribution in [2.24, 2.45) is 16.1 Å². The lowest BCUT2D eigenvalue weighted by Crippen LogP contribution is -2.30. The van der Waals surface area contributed by atoms with Crippen molar-refractivity contribution in [1.82, 2.24) is 4.90 Å². The van der Waals surface area contributed by atoms with Crippen molar-refractivity contribution in [3.63, 3.8) is 0 Å². The lowest BCUT2D eigenvalue weighted by Gasteiger charge is -2.16. The van der Waals surface area contributed by atoms with Crippen LogP contribution in [0.1, 0.15) is 29.3 Å². The van der Waals surface area contributed by atoms with Gasteiger partial charge < -0.3 is 10.3 Å². The molecule has 2 rings (SSSR count). The summed E-state index contributed by atoms with van der Waals surface area (Å²) in [6.45, 7) is 2.85. The zero-order valence-corrected chi connectivity index (χ0v) is 14.5. The fourth-order valence-electron chi connectivity index (χ4n) is 2.74. The van der Waals surface area contributed by atoms with Crippen LogP contribution in [0.15, 0.2) is 52.7 Å². The number of amides is 1. The molecule has 0 bridgehead atoms. The summed E-state index contributed by atoms with van der Waals surface area (Å²) in [5.41, 5.74) is 2.17. The molecule has 6 nitrogen and oxygen atoms in total. The van der Waals surface area contributed by atoms with E-state index in [9.17, 15) is 9.59 Å². The molecule has 0 unspecified atom stereocenters.